The molecule has 8 heteroatoms. The normalized spacial score (nSPS) is 10.6. The lowest BCUT2D eigenvalue weighted by atomic mass is 10.3. The van der Waals surface area contributed by atoms with Gasteiger partial charge < -0.3 is 10.6 Å². The number of carbonyl (C=O) groups excluding carboxylic acids is 1. The number of anilines is 2. The Bertz CT molecular complexity index is 637. The minimum absolute atomic E-state index is 0.0488. The van der Waals surface area contributed by atoms with Crippen molar-refractivity contribution in [1.82, 2.24) is 20.2 Å². The molecule has 0 bridgehead atoms. The SMILES string of the molecule is CCCc1nnc(NC(=O)CCCNc2nc(C)cc(C)n2)s1. The van der Waals surface area contributed by atoms with Crippen LogP contribution in [0.3, 0.4) is 0 Å². The molecule has 0 unspecified atom stereocenters. The third-order valence-electron chi connectivity index (χ3n) is 3.02. The molecule has 0 aliphatic carbocycles. The summed E-state index contributed by atoms with van der Waals surface area (Å²) in [7, 11) is 0. The van der Waals surface area contributed by atoms with E-state index in [0.29, 0.717) is 30.5 Å². The van der Waals surface area contributed by atoms with Gasteiger partial charge in [0, 0.05) is 30.8 Å². The van der Waals surface area contributed by atoms with Gasteiger partial charge >= 0.3 is 0 Å². The zero-order valence-electron chi connectivity index (χ0n) is 13.7. The topological polar surface area (TPSA) is 92.7 Å². The standard InChI is InChI=1S/C15H22N6OS/c1-4-6-13-20-21-15(23-13)19-12(22)7-5-8-16-14-17-10(2)9-11(3)18-14/h9H,4-8H2,1-3H3,(H,16,17,18)(H,19,21,22). The van der Waals surface area contributed by atoms with Crippen LogP contribution in [0.1, 0.15) is 42.6 Å². The summed E-state index contributed by atoms with van der Waals surface area (Å²) >= 11 is 1.44. The minimum atomic E-state index is -0.0488. The Morgan fingerprint density at radius 3 is 2.65 bits per heavy atom. The van der Waals surface area contributed by atoms with Gasteiger partial charge in [0.15, 0.2) is 0 Å². The van der Waals surface area contributed by atoms with Crippen molar-refractivity contribution in [2.45, 2.75) is 46.5 Å². The lowest BCUT2D eigenvalue weighted by molar-refractivity contribution is -0.116. The van der Waals surface area contributed by atoms with E-state index in [2.05, 4.69) is 37.7 Å². The maximum atomic E-state index is 11.9. The first-order valence-electron chi connectivity index (χ1n) is 7.75. The van der Waals surface area contributed by atoms with E-state index in [1.807, 2.05) is 19.9 Å². The molecule has 124 valence electrons. The Kier molecular flexibility index (Phi) is 6.40. The number of hydrogen-bond donors (Lipinski definition) is 2. The van der Waals surface area contributed by atoms with Gasteiger partial charge in [-0.05, 0) is 32.8 Å². The zero-order valence-corrected chi connectivity index (χ0v) is 14.5. The fourth-order valence-electron chi connectivity index (χ4n) is 2.05. The first-order chi connectivity index (χ1) is 11.1. The van der Waals surface area contributed by atoms with Crippen LogP contribution in [-0.4, -0.2) is 32.6 Å². The molecule has 0 aliphatic heterocycles. The van der Waals surface area contributed by atoms with Gasteiger partial charge in [-0.3, -0.25) is 4.79 Å². The first-order valence-corrected chi connectivity index (χ1v) is 8.57. The quantitative estimate of drug-likeness (QED) is 0.721. The molecule has 7 nitrogen and oxygen atoms in total. The highest BCUT2D eigenvalue weighted by Crippen LogP contribution is 2.16. The molecule has 0 saturated carbocycles. The van der Waals surface area contributed by atoms with Crippen LogP contribution in [0.4, 0.5) is 11.1 Å². The predicted octanol–water partition coefficient (Wildman–Crippen LogP) is 2.73. The van der Waals surface area contributed by atoms with Gasteiger partial charge in [0.25, 0.3) is 0 Å². The third kappa shape index (κ3) is 5.90. The second-order valence-electron chi connectivity index (χ2n) is 5.30. The van der Waals surface area contributed by atoms with Gasteiger partial charge in [-0.15, -0.1) is 10.2 Å². The summed E-state index contributed by atoms with van der Waals surface area (Å²) in [5.74, 6) is 0.559. The van der Waals surface area contributed by atoms with Gasteiger partial charge in [0.05, 0.1) is 0 Å². The average molecular weight is 334 g/mol. The highest BCUT2D eigenvalue weighted by molar-refractivity contribution is 7.15. The number of aryl methyl sites for hydroxylation is 3. The van der Waals surface area contributed by atoms with Crippen LogP contribution in [0.2, 0.25) is 0 Å². The van der Waals surface area contributed by atoms with E-state index in [4.69, 9.17) is 0 Å². The minimum Gasteiger partial charge on any atom is -0.354 e. The average Bonchev–Trinajstić information content (AvgIpc) is 2.90. The molecule has 1 amide bonds. The largest absolute Gasteiger partial charge is 0.354 e. The highest BCUT2D eigenvalue weighted by Gasteiger charge is 2.07. The molecule has 0 spiro atoms. The second kappa shape index (κ2) is 8.52. The van der Waals surface area contributed by atoms with E-state index < -0.39 is 0 Å². The zero-order chi connectivity index (χ0) is 16.7. The Labute approximate surface area is 140 Å². The number of rotatable bonds is 8. The Morgan fingerprint density at radius 2 is 1.96 bits per heavy atom. The van der Waals surface area contributed by atoms with Gasteiger partial charge in [-0.25, -0.2) is 9.97 Å². The molecular weight excluding hydrogens is 312 g/mol. The Morgan fingerprint density at radius 1 is 1.22 bits per heavy atom. The van der Waals surface area contributed by atoms with Crippen LogP contribution in [0, 0.1) is 13.8 Å². The summed E-state index contributed by atoms with van der Waals surface area (Å²) in [5, 5.41) is 15.5. The highest BCUT2D eigenvalue weighted by atomic mass is 32.1. The summed E-state index contributed by atoms with van der Waals surface area (Å²) < 4.78 is 0. The molecule has 0 aromatic carbocycles. The van der Waals surface area contributed by atoms with Crippen molar-refractivity contribution in [3.05, 3.63) is 22.5 Å². The lowest BCUT2D eigenvalue weighted by Crippen LogP contribution is -2.14. The molecule has 0 saturated heterocycles. The molecule has 0 aliphatic rings. The van der Waals surface area contributed by atoms with Crippen molar-refractivity contribution in [3.8, 4) is 0 Å². The van der Waals surface area contributed by atoms with Crippen LogP contribution >= 0.6 is 11.3 Å². The maximum absolute atomic E-state index is 11.9. The van der Waals surface area contributed by atoms with Crippen molar-refractivity contribution in [3.63, 3.8) is 0 Å². The summed E-state index contributed by atoms with van der Waals surface area (Å²) in [5.41, 5.74) is 1.86. The Balaban J connectivity index is 1.70. The molecule has 2 N–H and O–H groups in total. The predicted molar refractivity (Wildman–Crippen MR) is 91.8 cm³/mol. The van der Waals surface area contributed by atoms with Crippen molar-refractivity contribution >= 4 is 28.3 Å². The van der Waals surface area contributed by atoms with Gasteiger partial charge in [-0.1, -0.05) is 18.3 Å². The van der Waals surface area contributed by atoms with Crippen LogP contribution in [0.15, 0.2) is 6.07 Å². The van der Waals surface area contributed by atoms with Crippen LogP contribution < -0.4 is 10.6 Å². The molecule has 2 aromatic heterocycles. The number of hydrogen-bond acceptors (Lipinski definition) is 7. The first kappa shape index (κ1) is 17.3. The van der Waals surface area contributed by atoms with E-state index in [1.54, 1.807) is 0 Å². The summed E-state index contributed by atoms with van der Waals surface area (Å²) in [6.45, 7) is 6.60. The van der Waals surface area contributed by atoms with Gasteiger partial charge in [0.2, 0.25) is 17.0 Å². The molecule has 2 heterocycles. The van der Waals surface area contributed by atoms with Gasteiger partial charge in [-0.2, -0.15) is 0 Å². The summed E-state index contributed by atoms with van der Waals surface area (Å²) in [4.78, 5) is 20.5. The molecule has 23 heavy (non-hydrogen) atoms. The molecule has 2 rings (SSSR count). The van der Waals surface area contributed by atoms with E-state index in [9.17, 15) is 4.79 Å². The second-order valence-corrected chi connectivity index (χ2v) is 6.37. The van der Waals surface area contributed by atoms with Gasteiger partial charge in [0.1, 0.15) is 5.01 Å². The fraction of sp³-hybridized carbons (Fsp3) is 0.533. The molecule has 2 aromatic rings. The van der Waals surface area contributed by atoms with E-state index in [0.717, 1.165) is 29.2 Å². The third-order valence-corrected chi connectivity index (χ3v) is 3.92. The molecular formula is C15H22N6OS. The molecule has 0 radical (unpaired) electrons. The van der Waals surface area contributed by atoms with Crippen molar-refractivity contribution in [2.24, 2.45) is 0 Å². The lowest BCUT2D eigenvalue weighted by Gasteiger charge is -2.06. The smallest absolute Gasteiger partial charge is 0.226 e. The number of carbonyl (C=O) groups is 1. The summed E-state index contributed by atoms with van der Waals surface area (Å²) in [6, 6.07) is 1.92. The number of aromatic nitrogens is 4. The van der Waals surface area contributed by atoms with E-state index in [1.165, 1.54) is 11.3 Å². The monoisotopic (exact) mass is 334 g/mol. The van der Waals surface area contributed by atoms with Crippen molar-refractivity contribution < 1.29 is 4.79 Å². The van der Waals surface area contributed by atoms with Crippen molar-refractivity contribution in [2.75, 3.05) is 17.2 Å². The number of nitrogens with one attached hydrogen (secondary N) is 2. The van der Waals surface area contributed by atoms with E-state index >= 15 is 0 Å². The van der Waals surface area contributed by atoms with Crippen LogP contribution in [0.5, 0.6) is 0 Å². The fourth-order valence-corrected chi connectivity index (χ4v) is 2.91. The van der Waals surface area contributed by atoms with Crippen LogP contribution in [-0.2, 0) is 11.2 Å². The van der Waals surface area contributed by atoms with Crippen LogP contribution in [0.25, 0.3) is 0 Å². The van der Waals surface area contributed by atoms with E-state index in [-0.39, 0.29) is 5.91 Å². The molecule has 0 fully saturated rings. The summed E-state index contributed by atoms with van der Waals surface area (Å²) in [6.07, 6.45) is 3.03. The van der Waals surface area contributed by atoms with Crippen molar-refractivity contribution in [1.29, 1.82) is 0 Å². The maximum Gasteiger partial charge on any atom is 0.226 e. The number of amides is 1. The Hall–Kier alpha value is -2.09. The molecule has 0 atom stereocenters. The number of nitrogens with zero attached hydrogens (tertiary/aromatic N) is 4.